The third-order valence-electron chi connectivity index (χ3n) is 3.78. The number of piperazine rings is 1. The Bertz CT molecular complexity index is 392. The number of rotatable bonds is 1. The molecule has 1 aromatic rings. The van der Waals surface area contributed by atoms with Crippen molar-refractivity contribution in [3.05, 3.63) is 28.7 Å². The second-order valence-corrected chi connectivity index (χ2v) is 5.98. The van der Waals surface area contributed by atoms with Gasteiger partial charge >= 0.3 is 0 Å². The van der Waals surface area contributed by atoms with Crippen LogP contribution in [0.1, 0.15) is 0 Å². The first kappa shape index (κ1) is 11.5. The lowest BCUT2D eigenvalue weighted by Gasteiger charge is -2.33. The third kappa shape index (κ3) is 2.34. The molecule has 4 heteroatoms. The van der Waals surface area contributed by atoms with Crippen LogP contribution in [-0.2, 0) is 0 Å². The molecular weight excluding hydrogens is 278 g/mol. The predicted octanol–water partition coefficient (Wildman–Crippen LogP) is 1.84. The Morgan fingerprint density at radius 1 is 1.12 bits per heavy atom. The molecule has 0 N–H and O–H groups in total. The summed E-state index contributed by atoms with van der Waals surface area (Å²) < 4.78 is 1.15. The first-order chi connectivity index (χ1) is 8.22. The first-order valence-corrected chi connectivity index (χ1v) is 6.95. The van der Waals surface area contributed by atoms with Crippen LogP contribution in [0.2, 0.25) is 0 Å². The Kier molecular flexibility index (Phi) is 3.11. The fraction of sp³-hybridized carbons (Fsp3) is 0.538. The van der Waals surface area contributed by atoms with Crippen LogP contribution in [0.15, 0.2) is 28.7 Å². The van der Waals surface area contributed by atoms with Crippen molar-refractivity contribution in [2.75, 3.05) is 44.8 Å². The van der Waals surface area contributed by atoms with Gasteiger partial charge in [-0.25, -0.2) is 0 Å². The molecule has 92 valence electrons. The van der Waals surface area contributed by atoms with Crippen LogP contribution in [0.5, 0.6) is 0 Å². The number of anilines is 1. The molecule has 0 unspecified atom stereocenters. The minimum Gasteiger partial charge on any atom is -0.357 e. The average Bonchev–Trinajstić information content (AvgIpc) is 2.72. The van der Waals surface area contributed by atoms with E-state index in [4.69, 9.17) is 0 Å². The normalized spacial score (nSPS) is 26.2. The molecule has 0 aliphatic carbocycles. The van der Waals surface area contributed by atoms with Gasteiger partial charge in [0.1, 0.15) is 0 Å². The van der Waals surface area contributed by atoms with Crippen LogP contribution in [-0.4, -0.2) is 55.7 Å². The van der Waals surface area contributed by atoms with Gasteiger partial charge in [0.2, 0.25) is 0 Å². The van der Waals surface area contributed by atoms with Crippen molar-refractivity contribution in [2.45, 2.75) is 6.04 Å². The molecule has 0 bridgehead atoms. The Morgan fingerprint density at radius 3 is 2.65 bits per heavy atom. The maximum Gasteiger partial charge on any atom is 0.0711 e. The van der Waals surface area contributed by atoms with Gasteiger partial charge in [-0.05, 0) is 31.3 Å². The van der Waals surface area contributed by atoms with Gasteiger partial charge in [-0.15, -0.1) is 0 Å². The monoisotopic (exact) mass is 295 g/mol. The van der Waals surface area contributed by atoms with Gasteiger partial charge in [-0.3, -0.25) is 4.90 Å². The summed E-state index contributed by atoms with van der Waals surface area (Å²) in [4.78, 5) is 7.52. The first-order valence-electron chi connectivity index (χ1n) is 6.15. The zero-order chi connectivity index (χ0) is 11.8. The van der Waals surface area contributed by atoms with Gasteiger partial charge in [0.25, 0.3) is 0 Å². The Balaban J connectivity index is 1.73. The van der Waals surface area contributed by atoms with Crippen molar-refractivity contribution in [2.24, 2.45) is 0 Å². The zero-order valence-corrected chi connectivity index (χ0v) is 11.7. The van der Waals surface area contributed by atoms with Crippen LogP contribution in [0, 0.1) is 0 Å². The molecule has 0 saturated carbocycles. The van der Waals surface area contributed by atoms with E-state index in [1.54, 1.807) is 0 Å². The fourth-order valence-corrected chi connectivity index (χ4v) is 3.04. The van der Waals surface area contributed by atoms with E-state index in [0.717, 1.165) is 17.7 Å². The molecular formula is C13H18BrN3. The summed E-state index contributed by atoms with van der Waals surface area (Å²) in [6.45, 7) is 5.85. The van der Waals surface area contributed by atoms with Crippen molar-refractivity contribution in [3.8, 4) is 0 Å². The van der Waals surface area contributed by atoms with E-state index in [9.17, 15) is 0 Å². The molecule has 2 aliphatic heterocycles. The van der Waals surface area contributed by atoms with Gasteiger partial charge in [-0.1, -0.05) is 15.9 Å². The largest absolute Gasteiger partial charge is 0.357 e. The molecule has 1 atom stereocenters. The maximum atomic E-state index is 3.49. The lowest BCUT2D eigenvalue weighted by atomic mass is 10.2. The minimum absolute atomic E-state index is 0.706. The molecule has 2 aliphatic rings. The summed E-state index contributed by atoms with van der Waals surface area (Å²) in [6, 6.07) is 9.35. The highest BCUT2D eigenvalue weighted by molar-refractivity contribution is 9.10. The molecule has 3 rings (SSSR count). The Hall–Kier alpha value is -0.580. The second kappa shape index (κ2) is 4.59. The summed E-state index contributed by atoms with van der Waals surface area (Å²) in [5, 5.41) is 0. The van der Waals surface area contributed by atoms with Crippen LogP contribution in [0.3, 0.4) is 0 Å². The molecule has 0 radical (unpaired) electrons. The van der Waals surface area contributed by atoms with Crippen LogP contribution >= 0.6 is 15.9 Å². The lowest BCUT2D eigenvalue weighted by molar-refractivity contribution is 0.129. The maximum absolute atomic E-state index is 3.49. The molecule has 2 fully saturated rings. The average molecular weight is 296 g/mol. The van der Waals surface area contributed by atoms with E-state index >= 15 is 0 Å². The highest BCUT2D eigenvalue weighted by Gasteiger charge is 2.33. The van der Waals surface area contributed by atoms with E-state index < -0.39 is 0 Å². The molecule has 3 nitrogen and oxygen atoms in total. The number of likely N-dealkylation sites (N-methyl/N-ethyl adjacent to an activating group) is 1. The predicted molar refractivity (Wildman–Crippen MR) is 74.3 cm³/mol. The van der Waals surface area contributed by atoms with Crippen LogP contribution in [0.25, 0.3) is 0 Å². The topological polar surface area (TPSA) is 9.72 Å². The number of halogens is 1. The number of hydrogen-bond donors (Lipinski definition) is 0. The van der Waals surface area contributed by atoms with E-state index in [1.807, 2.05) is 0 Å². The number of hydrogen-bond acceptors (Lipinski definition) is 3. The summed E-state index contributed by atoms with van der Waals surface area (Å²) >= 11 is 3.49. The van der Waals surface area contributed by atoms with Gasteiger partial charge in [0.05, 0.1) is 6.67 Å². The van der Waals surface area contributed by atoms with Gasteiger partial charge in [-0.2, -0.15) is 0 Å². The number of nitrogens with zero attached hydrogens (tertiary/aromatic N) is 3. The van der Waals surface area contributed by atoms with Crippen molar-refractivity contribution in [3.63, 3.8) is 0 Å². The second-order valence-electron chi connectivity index (χ2n) is 5.07. The molecule has 0 amide bonds. The lowest BCUT2D eigenvalue weighted by Crippen LogP contribution is -2.49. The van der Waals surface area contributed by atoms with Crippen molar-refractivity contribution in [1.29, 1.82) is 0 Å². The van der Waals surface area contributed by atoms with Gasteiger partial charge in [0, 0.05) is 42.4 Å². The van der Waals surface area contributed by atoms with Crippen LogP contribution in [0.4, 0.5) is 5.69 Å². The number of fused-ring (bicyclic) bond motifs is 1. The quantitative estimate of drug-likeness (QED) is 0.783. The third-order valence-corrected chi connectivity index (χ3v) is 4.31. The molecule has 0 aromatic heterocycles. The van der Waals surface area contributed by atoms with E-state index in [0.29, 0.717) is 6.04 Å². The standard InChI is InChI=1S/C13H18BrN3/c1-15-6-7-16-10-17(9-13(16)8-15)12-4-2-11(14)3-5-12/h2-5,13H,6-10H2,1H3/t13-/m1/s1. The Labute approximate surface area is 111 Å². The molecule has 2 heterocycles. The smallest absolute Gasteiger partial charge is 0.0711 e. The van der Waals surface area contributed by atoms with E-state index in [2.05, 4.69) is 61.9 Å². The Morgan fingerprint density at radius 2 is 1.88 bits per heavy atom. The van der Waals surface area contributed by atoms with Gasteiger partial charge in [0.15, 0.2) is 0 Å². The molecule has 17 heavy (non-hydrogen) atoms. The van der Waals surface area contributed by atoms with E-state index in [-0.39, 0.29) is 0 Å². The van der Waals surface area contributed by atoms with Crippen LogP contribution < -0.4 is 4.90 Å². The summed E-state index contributed by atoms with van der Waals surface area (Å²) in [7, 11) is 2.22. The SMILES string of the molecule is CN1CCN2CN(c3ccc(Br)cc3)C[C@H]2C1. The fourth-order valence-electron chi connectivity index (χ4n) is 2.78. The highest BCUT2D eigenvalue weighted by atomic mass is 79.9. The highest BCUT2D eigenvalue weighted by Crippen LogP contribution is 2.25. The molecule has 1 aromatic carbocycles. The zero-order valence-electron chi connectivity index (χ0n) is 10.1. The number of benzene rings is 1. The summed E-state index contributed by atoms with van der Waals surface area (Å²) in [5.41, 5.74) is 1.34. The van der Waals surface area contributed by atoms with Gasteiger partial charge < -0.3 is 9.80 Å². The summed E-state index contributed by atoms with van der Waals surface area (Å²) in [5.74, 6) is 0. The summed E-state index contributed by atoms with van der Waals surface area (Å²) in [6.07, 6.45) is 0. The van der Waals surface area contributed by atoms with Crippen molar-refractivity contribution >= 4 is 21.6 Å². The van der Waals surface area contributed by atoms with Crippen molar-refractivity contribution < 1.29 is 0 Å². The van der Waals surface area contributed by atoms with Crippen molar-refractivity contribution in [1.82, 2.24) is 9.80 Å². The minimum atomic E-state index is 0.706. The molecule has 0 spiro atoms. The molecule has 2 saturated heterocycles. The van der Waals surface area contributed by atoms with E-state index in [1.165, 1.54) is 25.3 Å².